The number of hydrogen-bond acceptors (Lipinski definition) is 3. The molecule has 3 aromatic carbocycles. The molecule has 0 spiro atoms. The molecule has 0 radical (unpaired) electrons. The normalized spacial score (nSPS) is 10.3. The van der Waals surface area contributed by atoms with Gasteiger partial charge in [0.15, 0.2) is 0 Å². The molecule has 0 aliphatic heterocycles. The van der Waals surface area contributed by atoms with E-state index < -0.39 is 11.7 Å². The molecule has 3 aromatic rings. The summed E-state index contributed by atoms with van der Waals surface area (Å²) in [6.07, 6.45) is 0. The Balaban J connectivity index is 1.85. The van der Waals surface area contributed by atoms with Crippen molar-refractivity contribution in [1.82, 2.24) is 0 Å². The number of carbonyl (C=O) groups excluding carboxylic acids is 2. The maximum atomic E-state index is 13.8. The lowest BCUT2D eigenvalue weighted by molar-refractivity contribution is -0.114. The largest absolute Gasteiger partial charge is 0.355 e. The first-order valence-corrected chi connectivity index (χ1v) is 9.16. The lowest BCUT2D eigenvalue weighted by Crippen LogP contribution is -2.15. The topological polar surface area (TPSA) is 70.2 Å². The lowest BCUT2D eigenvalue weighted by Gasteiger charge is -2.15. The van der Waals surface area contributed by atoms with Crippen LogP contribution in [0.5, 0.6) is 0 Å². The van der Waals surface area contributed by atoms with Gasteiger partial charge in [-0.2, -0.15) is 0 Å². The van der Waals surface area contributed by atoms with Gasteiger partial charge in [-0.25, -0.2) is 4.39 Å². The van der Waals surface area contributed by atoms with Gasteiger partial charge in [-0.15, -0.1) is 0 Å². The Morgan fingerprint density at radius 2 is 1.55 bits per heavy atom. The Hall–Kier alpha value is -3.67. The fraction of sp³-hybridized carbons (Fsp3) is 0.130. The van der Waals surface area contributed by atoms with Gasteiger partial charge in [0.2, 0.25) is 5.91 Å². The van der Waals surface area contributed by atoms with Gasteiger partial charge in [0, 0.05) is 18.3 Å². The summed E-state index contributed by atoms with van der Waals surface area (Å²) >= 11 is 0. The number of benzene rings is 3. The van der Waals surface area contributed by atoms with Crippen LogP contribution in [0.3, 0.4) is 0 Å². The van der Waals surface area contributed by atoms with Gasteiger partial charge in [-0.1, -0.05) is 24.3 Å². The zero-order valence-electron chi connectivity index (χ0n) is 16.5. The molecule has 0 saturated heterocycles. The molecule has 0 heterocycles. The summed E-state index contributed by atoms with van der Waals surface area (Å²) in [6.45, 7) is 5.34. The summed E-state index contributed by atoms with van der Waals surface area (Å²) in [5.41, 5.74) is 4.65. The van der Waals surface area contributed by atoms with Gasteiger partial charge in [0.05, 0.1) is 16.9 Å². The number of amides is 2. The molecule has 3 N–H and O–H groups in total. The molecule has 0 aliphatic rings. The molecule has 0 bridgehead atoms. The van der Waals surface area contributed by atoms with E-state index in [1.165, 1.54) is 25.1 Å². The van der Waals surface area contributed by atoms with Crippen molar-refractivity contribution in [2.45, 2.75) is 20.8 Å². The van der Waals surface area contributed by atoms with Crippen molar-refractivity contribution < 1.29 is 14.0 Å². The maximum absolute atomic E-state index is 13.8. The van der Waals surface area contributed by atoms with Crippen molar-refractivity contribution in [3.8, 4) is 0 Å². The Bertz CT molecular complexity index is 1080. The van der Waals surface area contributed by atoms with Gasteiger partial charge >= 0.3 is 0 Å². The minimum absolute atomic E-state index is 0.0112. The van der Waals surface area contributed by atoms with E-state index in [1.54, 1.807) is 12.1 Å². The summed E-state index contributed by atoms with van der Waals surface area (Å²) in [7, 11) is 0. The van der Waals surface area contributed by atoms with E-state index in [2.05, 4.69) is 16.0 Å². The Kier molecular flexibility index (Phi) is 5.93. The summed E-state index contributed by atoms with van der Waals surface area (Å²) < 4.78 is 13.8. The fourth-order valence-electron chi connectivity index (χ4n) is 2.91. The highest BCUT2D eigenvalue weighted by Crippen LogP contribution is 2.26. The molecule has 5 nitrogen and oxygen atoms in total. The smallest absolute Gasteiger partial charge is 0.257 e. The van der Waals surface area contributed by atoms with E-state index in [9.17, 15) is 14.0 Å². The molecule has 0 saturated carbocycles. The summed E-state index contributed by atoms with van der Waals surface area (Å²) in [5, 5.41) is 8.48. The predicted molar refractivity (Wildman–Crippen MR) is 114 cm³/mol. The first kappa shape index (κ1) is 20.1. The van der Waals surface area contributed by atoms with Crippen LogP contribution >= 0.6 is 0 Å². The van der Waals surface area contributed by atoms with Crippen molar-refractivity contribution in [1.29, 1.82) is 0 Å². The zero-order chi connectivity index (χ0) is 21.0. The number of carbonyl (C=O) groups is 2. The highest BCUT2D eigenvalue weighted by molar-refractivity contribution is 6.08. The average Bonchev–Trinajstić information content (AvgIpc) is 2.68. The molecular weight excluding hydrogens is 369 g/mol. The Morgan fingerprint density at radius 3 is 2.31 bits per heavy atom. The number of rotatable bonds is 5. The third-order valence-corrected chi connectivity index (χ3v) is 4.58. The summed E-state index contributed by atoms with van der Waals surface area (Å²) in [5.74, 6) is -1.32. The third kappa shape index (κ3) is 4.79. The first-order valence-electron chi connectivity index (χ1n) is 9.16. The first-order chi connectivity index (χ1) is 13.8. The number of hydrogen-bond donors (Lipinski definition) is 3. The lowest BCUT2D eigenvalue weighted by atomic mass is 10.1. The number of anilines is 4. The van der Waals surface area contributed by atoms with Crippen LogP contribution in [0.2, 0.25) is 0 Å². The number of aryl methyl sites for hydroxylation is 1. The summed E-state index contributed by atoms with van der Waals surface area (Å²) in [4.78, 5) is 24.1. The quantitative estimate of drug-likeness (QED) is 0.546. The van der Waals surface area contributed by atoms with E-state index >= 15 is 0 Å². The zero-order valence-corrected chi connectivity index (χ0v) is 16.5. The van der Waals surface area contributed by atoms with Gasteiger partial charge in [-0.3, -0.25) is 9.59 Å². The van der Waals surface area contributed by atoms with Gasteiger partial charge in [0.25, 0.3) is 5.91 Å². The Labute approximate surface area is 169 Å². The second kappa shape index (κ2) is 8.56. The van der Waals surface area contributed by atoms with Crippen molar-refractivity contribution in [3.05, 3.63) is 83.2 Å². The number of nitrogens with one attached hydrogen (secondary N) is 3. The van der Waals surface area contributed by atoms with E-state index in [4.69, 9.17) is 0 Å². The molecule has 0 aromatic heterocycles. The average molecular weight is 391 g/mol. The highest BCUT2D eigenvalue weighted by atomic mass is 19.1. The second-order valence-electron chi connectivity index (χ2n) is 6.75. The number of para-hydroxylation sites is 1. The molecule has 148 valence electrons. The fourth-order valence-corrected chi connectivity index (χ4v) is 2.91. The van der Waals surface area contributed by atoms with E-state index in [0.717, 1.165) is 16.8 Å². The molecule has 29 heavy (non-hydrogen) atoms. The van der Waals surface area contributed by atoms with Crippen molar-refractivity contribution in [2.75, 3.05) is 16.0 Å². The van der Waals surface area contributed by atoms with E-state index in [-0.39, 0.29) is 11.6 Å². The van der Waals surface area contributed by atoms with Crippen LogP contribution < -0.4 is 16.0 Å². The highest BCUT2D eigenvalue weighted by Gasteiger charge is 2.14. The van der Waals surface area contributed by atoms with Crippen molar-refractivity contribution in [2.24, 2.45) is 0 Å². The second-order valence-corrected chi connectivity index (χ2v) is 6.75. The monoisotopic (exact) mass is 391 g/mol. The standard InChI is InChI=1S/C23H22FN3O2/c1-14-7-6-10-20(15(14)2)27-21-9-5-4-8-18(21)23(29)26-17-11-12-19(24)22(13-17)25-16(3)28/h4-13,27H,1-3H3,(H,25,28)(H,26,29). The molecule has 2 amide bonds. The van der Waals surface area contributed by atoms with Gasteiger partial charge in [-0.05, 0) is 61.4 Å². The minimum Gasteiger partial charge on any atom is -0.355 e. The van der Waals surface area contributed by atoms with E-state index in [0.29, 0.717) is 16.9 Å². The van der Waals surface area contributed by atoms with Gasteiger partial charge < -0.3 is 16.0 Å². The number of halogens is 1. The molecule has 0 fully saturated rings. The van der Waals surface area contributed by atoms with Crippen LogP contribution in [-0.2, 0) is 4.79 Å². The van der Waals surface area contributed by atoms with Crippen LogP contribution in [0.4, 0.5) is 27.1 Å². The van der Waals surface area contributed by atoms with Crippen LogP contribution in [0.15, 0.2) is 60.7 Å². The predicted octanol–water partition coefficient (Wildman–Crippen LogP) is 5.40. The minimum atomic E-state index is -0.574. The van der Waals surface area contributed by atoms with Crippen LogP contribution in [-0.4, -0.2) is 11.8 Å². The molecule has 0 unspecified atom stereocenters. The third-order valence-electron chi connectivity index (χ3n) is 4.58. The van der Waals surface area contributed by atoms with Crippen LogP contribution in [0.1, 0.15) is 28.4 Å². The maximum Gasteiger partial charge on any atom is 0.257 e. The molecule has 0 atom stereocenters. The van der Waals surface area contributed by atoms with Crippen molar-refractivity contribution >= 4 is 34.6 Å². The molecule has 3 rings (SSSR count). The Morgan fingerprint density at radius 1 is 0.828 bits per heavy atom. The summed E-state index contributed by atoms with van der Waals surface area (Å²) in [6, 6.07) is 17.1. The SMILES string of the molecule is CC(=O)Nc1cc(NC(=O)c2ccccc2Nc2cccc(C)c2C)ccc1F. The molecule has 0 aliphatic carbocycles. The van der Waals surface area contributed by atoms with Gasteiger partial charge in [0.1, 0.15) is 5.82 Å². The van der Waals surface area contributed by atoms with E-state index in [1.807, 2.05) is 44.2 Å². The molecular formula is C23H22FN3O2. The van der Waals surface area contributed by atoms with Crippen LogP contribution in [0, 0.1) is 19.7 Å². The molecule has 6 heteroatoms. The van der Waals surface area contributed by atoms with Crippen molar-refractivity contribution in [3.63, 3.8) is 0 Å². The van der Waals surface area contributed by atoms with Crippen LogP contribution in [0.25, 0.3) is 0 Å².